The maximum atomic E-state index is 3.83. The zero-order chi connectivity index (χ0) is 14.5. The number of aryl methyl sites for hydroxylation is 2. The van der Waals surface area contributed by atoms with E-state index in [2.05, 4.69) is 63.4 Å². The van der Waals surface area contributed by atoms with Crippen LogP contribution in [-0.2, 0) is 12.8 Å². The Balaban J connectivity index is 2.54. The van der Waals surface area contributed by atoms with E-state index in [-0.39, 0.29) is 0 Å². The lowest BCUT2D eigenvalue weighted by Crippen LogP contribution is -1.92. The van der Waals surface area contributed by atoms with Crippen molar-refractivity contribution in [3.05, 3.63) is 84.0 Å². The van der Waals surface area contributed by atoms with Crippen molar-refractivity contribution in [1.29, 1.82) is 0 Å². The van der Waals surface area contributed by atoms with Crippen molar-refractivity contribution in [1.82, 2.24) is 0 Å². The second-order valence-corrected chi connectivity index (χ2v) is 5.28. The van der Waals surface area contributed by atoms with Gasteiger partial charge in [-0.3, -0.25) is 0 Å². The molecule has 0 unspecified atom stereocenters. The standard InChI is InChI=1S/C20H22/c1-5-7-17-11-9-15(3)19(13-17)20-14-18(8-6-2)12-10-16(20)4/h5-6,9-14H,1-2,7-8H2,3-4H3. The van der Waals surface area contributed by atoms with Gasteiger partial charge in [-0.1, -0.05) is 48.6 Å². The lowest BCUT2D eigenvalue weighted by atomic mass is 9.92. The Morgan fingerprint density at radius 2 is 1.15 bits per heavy atom. The van der Waals surface area contributed by atoms with Crippen molar-refractivity contribution in [2.75, 3.05) is 0 Å². The van der Waals surface area contributed by atoms with Crippen LogP contribution in [0.2, 0.25) is 0 Å². The summed E-state index contributed by atoms with van der Waals surface area (Å²) < 4.78 is 0. The van der Waals surface area contributed by atoms with Crippen LogP contribution >= 0.6 is 0 Å². The van der Waals surface area contributed by atoms with Gasteiger partial charge < -0.3 is 0 Å². The Kier molecular flexibility index (Phi) is 4.57. The molecule has 0 heteroatoms. The van der Waals surface area contributed by atoms with E-state index in [1.54, 1.807) is 0 Å². The SMILES string of the molecule is C=CCc1ccc(C)c(-c2cc(CC=C)ccc2C)c1. The summed E-state index contributed by atoms with van der Waals surface area (Å²) in [7, 11) is 0. The summed E-state index contributed by atoms with van der Waals surface area (Å²) in [5.74, 6) is 0. The topological polar surface area (TPSA) is 0 Å². The first-order chi connectivity index (χ1) is 9.65. The predicted octanol–water partition coefficient (Wildman–Crippen LogP) is 5.43. The molecule has 2 aromatic carbocycles. The first-order valence-electron chi connectivity index (χ1n) is 7.07. The van der Waals surface area contributed by atoms with Gasteiger partial charge >= 0.3 is 0 Å². The summed E-state index contributed by atoms with van der Waals surface area (Å²) >= 11 is 0. The van der Waals surface area contributed by atoms with E-state index in [1.165, 1.54) is 33.4 Å². The minimum absolute atomic E-state index is 0.915. The number of rotatable bonds is 5. The lowest BCUT2D eigenvalue weighted by Gasteiger charge is -2.13. The molecule has 20 heavy (non-hydrogen) atoms. The van der Waals surface area contributed by atoms with Crippen LogP contribution in [0.4, 0.5) is 0 Å². The van der Waals surface area contributed by atoms with Gasteiger partial charge in [0.05, 0.1) is 0 Å². The van der Waals surface area contributed by atoms with Gasteiger partial charge in [0.1, 0.15) is 0 Å². The van der Waals surface area contributed by atoms with Gasteiger partial charge in [-0.25, -0.2) is 0 Å². The van der Waals surface area contributed by atoms with Crippen molar-refractivity contribution >= 4 is 0 Å². The van der Waals surface area contributed by atoms with E-state index < -0.39 is 0 Å². The van der Waals surface area contributed by atoms with Gasteiger partial charge in [-0.05, 0) is 60.1 Å². The maximum absolute atomic E-state index is 3.83. The van der Waals surface area contributed by atoms with Crippen molar-refractivity contribution < 1.29 is 0 Å². The molecule has 0 spiro atoms. The molecule has 0 aliphatic heterocycles. The number of hydrogen-bond donors (Lipinski definition) is 0. The van der Waals surface area contributed by atoms with Crippen LogP contribution in [0.5, 0.6) is 0 Å². The van der Waals surface area contributed by atoms with Crippen LogP contribution in [-0.4, -0.2) is 0 Å². The summed E-state index contributed by atoms with van der Waals surface area (Å²) in [6, 6.07) is 13.3. The zero-order valence-electron chi connectivity index (χ0n) is 12.4. The highest BCUT2D eigenvalue weighted by Gasteiger charge is 2.07. The number of hydrogen-bond acceptors (Lipinski definition) is 0. The molecule has 0 heterocycles. The number of allylic oxidation sites excluding steroid dienone is 2. The van der Waals surface area contributed by atoms with Gasteiger partial charge in [0.15, 0.2) is 0 Å². The molecule has 0 aliphatic carbocycles. The van der Waals surface area contributed by atoms with E-state index in [0.29, 0.717) is 0 Å². The van der Waals surface area contributed by atoms with Crippen molar-refractivity contribution in [3.63, 3.8) is 0 Å². The minimum Gasteiger partial charge on any atom is -0.103 e. The van der Waals surface area contributed by atoms with Gasteiger partial charge in [0.2, 0.25) is 0 Å². The van der Waals surface area contributed by atoms with E-state index in [1.807, 2.05) is 12.2 Å². The zero-order valence-corrected chi connectivity index (χ0v) is 12.4. The summed E-state index contributed by atoms with van der Waals surface area (Å²) in [5.41, 5.74) is 7.91. The second-order valence-electron chi connectivity index (χ2n) is 5.28. The molecule has 0 amide bonds. The van der Waals surface area contributed by atoms with Crippen molar-refractivity contribution in [3.8, 4) is 11.1 Å². The van der Waals surface area contributed by atoms with E-state index in [9.17, 15) is 0 Å². The van der Waals surface area contributed by atoms with Crippen LogP contribution in [0.3, 0.4) is 0 Å². The summed E-state index contributed by atoms with van der Waals surface area (Å²) in [6.45, 7) is 12.0. The fourth-order valence-electron chi connectivity index (χ4n) is 2.51. The largest absolute Gasteiger partial charge is 0.103 e. The molecule has 0 fully saturated rings. The Hall–Kier alpha value is -2.08. The molecular weight excluding hydrogens is 240 g/mol. The van der Waals surface area contributed by atoms with Gasteiger partial charge in [0.25, 0.3) is 0 Å². The lowest BCUT2D eigenvalue weighted by molar-refractivity contribution is 1.24. The predicted molar refractivity (Wildman–Crippen MR) is 89.2 cm³/mol. The minimum atomic E-state index is 0.915. The molecule has 0 aliphatic rings. The van der Waals surface area contributed by atoms with Gasteiger partial charge in [-0.15, -0.1) is 13.2 Å². The molecular formula is C20H22. The normalized spacial score (nSPS) is 10.3. The quantitative estimate of drug-likeness (QED) is 0.630. The number of benzene rings is 2. The Morgan fingerprint density at radius 1 is 0.750 bits per heavy atom. The third kappa shape index (κ3) is 3.08. The van der Waals surface area contributed by atoms with E-state index >= 15 is 0 Å². The molecule has 2 rings (SSSR count). The summed E-state index contributed by atoms with van der Waals surface area (Å²) in [5, 5.41) is 0. The van der Waals surface area contributed by atoms with Crippen LogP contribution in [0.1, 0.15) is 22.3 Å². The first-order valence-corrected chi connectivity index (χ1v) is 7.07. The average molecular weight is 262 g/mol. The Bertz CT molecular complexity index is 575. The molecule has 0 atom stereocenters. The third-order valence-electron chi connectivity index (χ3n) is 3.65. The third-order valence-corrected chi connectivity index (χ3v) is 3.65. The Labute approximate surface area is 122 Å². The smallest absolute Gasteiger partial charge is 0.00999 e. The van der Waals surface area contributed by atoms with Gasteiger partial charge in [0, 0.05) is 0 Å². The summed E-state index contributed by atoms with van der Waals surface area (Å²) in [4.78, 5) is 0. The van der Waals surface area contributed by atoms with Crippen LogP contribution in [0, 0.1) is 13.8 Å². The second kappa shape index (κ2) is 6.38. The molecule has 0 bridgehead atoms. The molecule has 2 aromatic rings. The fraction of sp³-hybridized carbons (Fsp3) is 0.200. The monoisotopic (exact) mass is 262 g/mol. The van der Waals surface area contributed by atoms with Crippen molar-refractivity contribution in [2.24, 2.45) is 0 Å². The van der Waals surface area contributed by atoms with Gasteiger partial charge in [-0.2, -0.15) is 0 Å². The highest BCUT2D eigenvalue weighted by atomic mass is 14.1. The molecule has 0 nitrogen and oxygen atoms in total. The van der Waals surface area contributed by atoms with Crippen LogP contribution in [0.25, 0.3) is 11.1 Å². The van der Waals surface area contributed by atoms with Crippen molar-refractivity contribution in [2.45, 2.75) is 26.7 Å². The molecule has 0 saturated carbocycles. The molecule has 0 radical (unpaired) electrons. The maximum Gasteiger partial charge on any atom is -0.00999 e. The van der Waals surface area contributed by atoms with E-state index in [0.717, 1.165) is 12.8 Å². The highest BCUT2D eigenvalue weighted by molar-refractivity contribution is 5.71. The molecule has 0 N–H and O–H groups in total. The molecule has 0 saturated heterocycles. The fourth-order valence-corrected chi connectivity index (χ4v) is 2.51. The average Bonchev–Trinajstić information content (AvgIpc) is 2.44. The molecule has 0 aromatic heterocycles. The van der Waals surface area contributed by atoms with Crippen LogP contribution in [0.15, 0.2) is 61.7 Å². The highest BCUT2D eigenvalue weighted by Crippen LogP contribution is 2.29. The van der Waals surface area contributed by atoms with E-state index in [4.69, 9.17) is 0 Å². The Morgan fingerprint density at radius 3 is 1.50 bits per heavy atom. The summed E-state index contributed by atoms with van der Waals surface area (Å²) in [6.07, 6.45) is 5.74. The first kappa shape index (κ1) is 14.3. The van der Waals surface area contributed by atoms with Crippen LogP contribution < -0.4 is 0 Å². The molecule has 102 valence electrons.